The van der Waals surface area contributed by atoms with Crippen molar-refractivity contribution in [2.24, 2.45) is 5.92 Å². The lowest BCUT2D eigenvalue weighted by molar-refractivity contribution is -0.117. The molecule has 1 rings (SSSR count). The van der Waals surface area contributed by atoms with Crippen molar-refractivity contribution < 1.29 is 14.6 Å². The van der Waals surface area contributed by atoms with Gasteiger partial charge in [-0.05, 0) is 24.5 Å². The van der Waals surface area contributed by atoms with Gasteiger partial charge in [0.15, 0.2) is 0 Å². The van der Waals surface area contributed by atoms with E-state index in [-0.39, 0.29) is 18.4 Å². The number of hydrogen-bond acceptors (Lipinski definition) is 3. The Balaban J connectivity index is 2.67. The summed E-state index contributed by atoms with van der Waals surface area (Å²) in [4.78, 5) is 11.9. The normalized spacial score (nSPS) is 14.4. The van der Waals surface area contributed by atoms with E-state index in [0.717, 1.165) is 23.3 Å². The highest BCUT2D eigenvalue weighted by Gasteiger charge is 2.13. The third kappa shape index (κ3) is 5.23. The van der Waals surface area contributed by atoms with Gasteiger partial charge in [-0.1, -0.05) is 38.5 Å². The second-order valence-corrected chi connectivity index (χ2v) is 5.23. The molecule has 1 aromatic rings. The summed E-state index contributed by atoms with van der Waals surface area (Å²) in [6.07, 6.45) is 1.90. The number of para-hydroxylation sites is 1. The van der Waals surface area contributed by atoms with Gasteiger partial charge in [0.05, 0.1) is 13.2 Å². The zero-order valence-electron chi connectivity index (χ0n) is 13.2. The summed E-state index contributed by atoms with van der Waals surface area (Å²) in [7, 11) is 1.61. The van der Waals surface area contributed by atoms with Crippen molar-refractivity contribution in [1.29, 1.82) is 0 Å². The van der Waals surface area contributed by atoms with Crippen LogP contribution >= 0.6 is 0 Å². The Labute approximate surface area is 126 Å². The monoisotopic (exact) mass is 291 g/mol. The van der Waals surface area contributed by atoms with Crippen molar-refractivity contribution in [2.75, 3.05) is 13.7 Å². The number of methoxy groups -OCH3 is 1. The minimum atomic E-state index is -0.515. The van der Waals surface area contributed by atoms with Crippen molar-refractivity contribution in [3.8, 4) is 5.75 Å². The average molecular weight is 291 g/mol. The summed E-state index contributed by atoms with van der Waals surface area (Å²) < 4.78 is 5.28. The molecule has 4 nitrogen and oxygen atoms in total. The number of amides is 1. The van der Waals surface area contributed by atoms with Gasteiger partial charge in [-0.2, -0.15) is 0 Å². The van der Waals surface area contributed by atoms with Gasteiger partial charge in [-0.25, -0.2) is 0 Å². The molecule has 0 aliphatic heterocycles. The Bertz CT molecular complexity index is 497. The van der Waals surface area contributed by atoms with E-state index in [1.807, 2.05) is 45.0 Å². The second kappa shape index (κ2) is 8.47. The summed E-state index contributed by atoms with van der Waals surface area (Å²) in [5.41, 5.74) is 1.71. The molecule has 2 unspecified atom stereocenters. The third-order valence-corrected chi connectivity index (χ3v) is 3.67. The van der Waals surface area contributed by atoms with E-state index in [1.165, 1.54) is 6.08 Å². The molecule has 0 aliphatic carbocycles. The van der Waals surface area contributed by atoms with Crippen LogP contribution in [0.25, 0.3) is 5.57 Å². The average Bonchev–Trinajstić information content (AvgIpc) is 2.51. The first-order chi connectivity index (χ1) is 9.99. The van der Waals surface area contributed by atoms with Crippen LogP contribution in [-0.2, 0) is 4.79 Å². The Morgan fingerprint density at radius 3 is 2.71 bits per heavy atom. The fourth-order valence-corrected chi connectivity index (χ4v) is 1.97. The quantitative estimate of drug-likeness (QED) is 0.759. The van der Waals surface area contributed by atoms with Gasteiger partial charge in [-0.3, -0.25) is 4.79 Å². The molecule has 2 N–H and O–H groups in total. The molecule has 0 spiro atoms. The van der Waals surface area contributed by atoms with E-state index >= 15 is 0 Å². The lowest BCUT2D eigenvalue weighted by atomic mass is 10.0. The number of allylic oxidation sites excluding steroid dienone is 1. The van der Waals surface area contributed by atoms with Crippen molar-refractivity contribution in [1.82, 2.24) is 5.32 Å². The maximum absolute atomic E-state index is 11.9. The maximum atomic E-state index is 11.9. The zero-order chi connectivity index (χ0) is 15.8. The van der Waals surface area contributed by atoms with Gasteiger partial charge in [0.25, 0.3) is 0 Å². The molecular weight excluding hydrogens is 266 g/mol. The summed E-state index contributed by atoms with van der Waals surface area (Å²) in [5.74, 6) is 0.698. The van der Waals surface area contributed by atoms with E-state index in [9.17, 15) is 9.90 Å². The van der Waals surface area contributed by atoms with Gasteiger partial charge in [-0.15, -0.1) is 0 Å². The number of benzene rings is 1. The molecular formula is C17H25NO3. The van der Waals surface area contributed by atoms with Crippen LogP contribution in [0.4, 0.5) is 0 Å². The molecule has 21 heavy (non-hydrogen) atoms. The van der Waals surface area contributed by atoms with E-state index in [2.05, 4.69) is 5.32 Å². The molecule has 116 valence electrons. The first kappa shape index (κ1) is 17.2. The van der Waals surface area contributed by atoms with Crippen LogP contribution in [-0.4, -0.2) is 30.8 Å². The number of nitrogens with one attached hydrogen (secondary N) is 1. The molecule has 2 atom stereocenters. The number of aliphatic hydroxyl groups excluding tert-OH is 1. The Morgan fingerprint density at radius 2 is 2.10 bits per heavy atom. The molecule has 0 radical (unpaired) electrons. The first-order valence-electron chi connectivity index (χ1n) is 7.27. The molecule has 0 bridgehead atoms. The van der Waals surface area contributed by atoms with Crippen LogP contribution in [0.2, 0.25) is 0 Å². The highest BCUT2D eigenvalue weighted by molar-refractivity contribution is 5.95. The van der Waals surface area contributed by atoms with Gasteiger partial charge < -0.3 is 15.2 Å². The van der Waals surface area contributed by atoms with Crippen LogP contribution in [0.5, 0.6) is 5.75 Å². The molecule has 0 fully saturated rings. The lowest BCUT2D eigenvalue weighted by Gasteiger charge is -2.17. The van der Waals surface area contributed by atoms with E-state index < -0.39 is 6.10 Å². The number of hydrogen-bond donors (Lipinski definition) is 2. The van der Waals surface area contributed by atoms with E-state index in [0.29, 0.717) is 0 Å². The van der Waals surface area contributed by atoms with Crippen LogP contribution in [0.3, 0.4) is 0 Å². The topological polar surface area (TPSA) is 58.6 Å². The standard InChI is InChI=1S/C17H25NO3/c1-5-12(2)15(19)11-18-17(20)10-13(3)14-8-6-7-9-16(14)21-4/h6-10,12,15,19H,5,11H2,1-4H3,(H,18,20)/b13-10-. The number of aliphatic hydroxyl groups is 1. The van der Waals surface area contributed by atoms with Crippen LogP contribution in [0.15, 0.2) is 30.3 Å². The smallest absolute Gasteiger partial charge is 0.244 e. The molecule has 0 saturated carbocycles. The summed E-state index contributed by atoms with van der Waals surface area (Å²) in [6, 6.07) is 7.56. The van der Waals surface area contributed by atoms with Gasteiger partial charge in [0.1, 0.15) is 5.75 Å². The Hall–Kier alpha value is -1.81. The lowest BCUT2D eigenvalue weighted by Crippen LogP contribution is -2.34. The molecule has 0 saturated heterocycles. The summed E-state index contributed by atoms with van der Waals surface area (Å²) in [6.45, 7) is 6.11. The van der Waals surface area contributed by atoms with E-state index in [4.69, 9.17) is 4.74 Å². The molecule has 1 aromatic carbocycles. The van der Waals surface area contributed by atoms with Crippen molar-refractivity contribution in [3.63, 3.8) is 0 Å². The maximum Gasteiger partial charge on any atom is 0.244 e. The number of carbonyl (C=O) groups is 1. The Morgan fingerprint density at radius 1 is 1.43 bits per heavy atom. The fraction of sp³-hybridized carbons (Fsp3) is 0.471. The molecule has 0 aliphatic rings. The zero-order valence-corrected chi connectivity index (χ0v) is 13.2. The second-order valence-electron chi connectivity index (χ2n) is 5.23. The minimum absolute atomic E-state index is 0.171. The number of carbonyl (C=O) groups excluding carboxylic acids is 1. The van der Waals surface area contributed by atoms with Crippen molar-refractivity contribution in [3.05, 3.63) is 35.9 Å². The summed E-state index contributed by atoms with van der Waals surface area (Å²) >= 11 is 0. The summed E-state index contributed by atoms with van der Waals surface area (Å²) in [5, 5.41) is 12.6. The predicted octanol–water partition coefficient (Wildman–Crippen LogP) is 2.62. The van der Waals surface area contributed by atoms with Crippen LogP contribution < -0.4 is 10.1 Å². The molecule has 0 aromatic heterocycles. The Kier molecular flexibility index (Phi) is 6.96. The molecule has 0 heterocycles. The van der Waals surface area contributed by atoms with E-state index in [1.54, 1.807) is 7.11 Å². The van der Waals surface area contributed by atoms with Crippen LogP contribution in [0.1, 0.15) is 32.8 Å². The fourth-order valence-electron chi connectivity index (χ4n) is 1.97. The highest BCUT2D eigenvalue weighted by Crippen LogP contribution is 2.24. The third-order valence-electron chi connectivity index (χ3n) is 3.67. The van der Waals surface area contributed by atoms with Gasteiger partial charge in [0.2, 0.25) is 5.91 Å². The number of rotatable bonds is 7. The molecule has 1 amide bonds. The highest BCUT2D eigenvalue weighted by atomic mass is 16.5. The SMILES string of the molecule is CCC(C)C(O)CNC(=O)/C=C(/C)c1ccccc1OC. The first-order valence-corrected chi connectivity index (χ1v) is 7.27. The minimum Gasteiger partial charge on any atom is -0.496 e. The molecule has 4 heteroatoms. The predicted molar refractivity (Wildman–Crippen MR) is 85.1 cm³/mol. The number of ether oxygens (including phenoxy) is 1. The van der Waals surface area contributed by atoms with Crippen LogP contribution in [0, 0.1) is 5.92 Å². The van der Waals surface area contributed by atoms with Gasteiger partial charge in [0, 0.05) is 18.2 Å². The van der Waals surface area contributed by atoms with Crippen molar-refractivity contribution >= 4 is 11.5 Å². The van der Waals surface area contributed by atoms with Gasteiger partial charge >= 0.3 is 0 Å². The largest absolute Gasteiger partial charge is 0.496 e. The van der Waals surface area contributed by atoms with Crippen molar-refractivity contribution in [2.45, 2.75) is 33.3 Å².